The fourth-order valence-electron chi connectivity index (χ4n) is 4.51. The number of carbonyl (C=O) groups excluding carboxylic acids is 2. The van der Waals surface area contributed by atoms with Gasteiger partial charge in [-0.1, -0.05) is 42.5 Å². The number of anilines is 1. The van der Waals surface area contributed by atoms with Gasteiger partial charge in [-0.2, -0.15) is 0 Å². The number of phenols is 1. The summed E-state index contributed by atoms with van der Waals surface area (Å²) in [5.41, 5.74) is 3.28. The molecule has 1 fully saturated rings. The number of rotatable bonds is 6. The van der Waals surface area contributed by atoms with Gasteiger partial charge in [0.05, 0.1) is 11.3 Å². The van der Waals surface area contributed by atoms with Crippen LogP contribution in [0.5, 0.6) is 11.5 Å². The van der Waals surface area contributed by atoms with Crippen LogP contribution in [0.1, 0.15) is 33.2 Å². The minimum atomic E-state index is -0.873. The van der Waals surface area contributed by atoms with Gasteiger partial charge < -0.3 is 14.9 Å². The summed E-state index contributed by atoms with van der Waals surface area (Å²) >= 11 is 1.39. The quantitative estimate of drug-likeness (QED) is 0.181. The molecule has 1 aliphatic heterocycles. The SMILES string of the molecule is Cc1cc(/C(O)=C2/C(=O)C(=O)N(c3ccccc3O)C2c2sccc2C)ccc1OCc1ccccc1. The number of carbonyl (C=O) groups is 2. The van der Waals surface area contributed by atoms with E-state index in [-0.39, 0.29) is 22.8 Å². The van der Waals surface area contributed by atoms with Crippen LogP contribution in [0.15, 0.2) is 89.8 Å². The summed E-state index contributed by atoms with van der Waals surface area (Å²) in [5.74, 6) is -1.35. The highest BCUT2D eigenvalue weighted by molar-refractivity contribution is 7.10. The number of thiophene rings is 1. The smallest absolute Gasteiger partial charge is 0.300 e. The zero-order valence-electron chi connectivity index (χ0n) is 20.3. The summed E-state index contributed by atoms with van der Waals surface area (Å²) in [5, 5.41) is 23.8. The fraction of sp³-hybridized carbons (Fsp3) is 0.133. The molecule has 2 heterocycles. The van der Waals surface area contributed by atoms with Crippen LogP contribution in [0.4, 0.5) is 5.69 Å². The number of aryl methyl sites for hydroxylation is 2. The monoisotopic (exact) mass is 511 g/mol. The molecule has 1 atom stereocenters. The molecule has 5 rings (SSSR count). The lowest BCUT2D eigenvalue weighted by Gasteiger charge is -2.25. The number of aliphatic hydroxyl groups excluding tert-OH is 1. The molecule has 1 unspecified atom stereocenters. The van der Waals surface area contributed by atoms with Crippen LogP contribution < -0.4 is 9.64 Å². The summed E-state index contributed by atoms with van der Waals surface area (Å²) in [6, 6.07) is 22.4. The van der Waals surface area contributed by atoms with Crippen LogP contribution in [-0.4, -0.2) is 21.9 Å². The Morgan fingerprint density at radius 3 is 2.35 bits per heavy atom. The van der Waals surface area contributed by atoms with Crippen LogP contribution in [0, 0.1) is 13.8 Å². The minimum absolute atomic E-state index is 0.0174. The highest BCUT2D eigenvalue weighted by Gasteiger charge is 2.48. The molecule has 0 saturated carbocycles. The number of amides is 1. The topological polar surface area (TPSA) is 87.1 Å². The van der Waals surface area contributed by atoms with Gasteiger partial charge in [0.1, 0.15) is 29.9 Å². The van der Waals surface area contributed by atoms with Crippen molar-refractivity contribution in [3.63, 3.8) is 0 Å². The molecule has 1 saturated heterocycles. The third kappa shape index (κ3) is 4.49. The molecule has 7 heteroatoms. The van der Waals surface area contributed by atoms with Crippen LogP contribution in [0.2, 0.25) is 0 Å². The molecular formula is C30H25NO5S. The minimum Gasteiger partial charge on any atom is -0.507 e. The van der Waals surface area contributed by atoms with Crippen molar-refractivity contribution in [3.05, 3.63) is 117 Å². The highest BCUT2D eigenvalue weighted by atomic mass is 32.1. The summed E-state index contributed by atoms with van der Waals surface area (Å²) in [4.78, 5) is 28.6. The number of benzene rings is 3. The molecular weight excluding hydrogens is 486 g/mol. The van der Waals surface area contributed by atoms with Crippen molar-refractivity contribution in [1.29, 1.82) is 0 Å². The number of nitrogens with zero attached hydrogens (tertiary/aromatic N) is 1. The van der Waals surface area contributed by atoms with Crippen molar-refractivity contribution in [2.75, 3.05) is 4.90 Å². The first kappa shape index (κ1) is 24.3. The Morgan fingerprint density at radius 1 is 0.946 bits per heavy atom. The molecule has 186 valence electrons. The summed E-state index contributed by atoms with van der Waals surface area (Å²) in [6.45, 7) is 4.15. The van der Waals surface area contributed by atoms with Gasteiger partial charge >= 0.3 is 0 Å². The maximum atomic E-state index is 13.3. The number of ketones is 1. The largest absolute Gasteiger partial charge is 0.507 e. The predicted octanol–water partition coefficient (Wildman–Crippen LogP) is 6.28. The van der Waals surface area contributed by atoms with Gasteiger partial charge in [0, 0.05) is 10.4 Å². The van der Waals surface area contributed by atoms with E-state index in [1.54, 1.807) is 36.4 Å². The molecule has 1 aromatic heterocycles. The van der Waals surface area contributed by atoms with Gasteiger partial charge in [-0.3, -0.25) is 14.5 Å². The first-order chi connectivity index (χ1) is 17.9. The lowest BCUT2D eigenvalue weighted by molar-refractivity contribution is -0.132. The van der Waals surface area contributed by atoms with E-state index in [0.29, 0.717) is 17.9 Å². The predicted molar refractivity (Wildman–Crippen MR) is 144 cm³/mol. The Bertz CT molecular complexity index is 1520. The molecule has 0 aliphatic carbocycles. The number of hydrogen-bond acceptors (Lipinski definition) is 6. The maximum absolute atomic E-state index is 13.3. The zero-order chi connectivity index (χ0) is 26.1. The Hall–Kier alpha value is -4.36. The lowest BCUT2D eigenvalue weighted by Crippen LogP contribution is -2.29. The molecule has 1 amide bonds. The van der Waals surface area contributed by atoms with E-state index in [9.17, 15) is 19.8 Å². The standard InChI is InChI=1S/C30H25NO5S/c1-18-14-15-37-29(18)26-25(28(34)30(35)31(26)22-10-6-7-11-23(22)32)27(33)21-12-13-24(19(2)16-21)36-17-20-8-4-3-5-9-20/h3-16,26,32-33H,17H2,1-2H3/b27-25-. The second-order valence-electron chi connectivity index (χ2n) is 8.88. The Balaban J connectivity index is 1.56. The van der Waals surface area contributed by atoms with Crippen LogP contribution in [0.3, 0.4) is 0 Å². The summed E-state index contributed by atoms with van der Waals surface area (Å²) in [7, 11) is 0. The molecule has 1 aliphatic rings. The third-order valence-corrected chi connectivity index (χ3v) is 7.49. The lowest BCUT2D eigenvalue weighted by atomic mass is 9.97. The van der Waals surface area contributed by atoms with Gasteiger partial charge in [0.15, 0.2) is 0 Å². The Morgan fingerprint density at radius 2 is 1.68 bits per heavy atom. The van der Waals surface area contributed by atoms with Gasteiger partial charge in [0.25, 0.3) is 11.7 Å². The number of para-hydroxylation sites is 2. The van der Waals surface area contributed by atoms with Crippen molar-refractivity contribution in [3.8, 4) is 11.5 Å². The van der Waals surface area contributed by atoms with Crippen molar-refractivity contribution in [1.82, 2.24) is 0 Å². The van der Waals surface area contributed by atoms with E-state index in [2.05, 4.69) is 0 Å². The Labute approximate surface area is 218 Å². The Kier molecular flexibility index (Phi) is 6.54. The molecule has 6 nitrogen and oxygen atoms in total. The van der Waals surface area contributed by atoms with Crippen molar-refractivity contribution >= 4 is 34.5 Å². The molecule has 0 radical (unpaired) electrons. The molecule has 0 bridgehead atoms. The number of hydrogen-bond donors (Lipinski definition) is 2. The maximum Gasteiger partial charge on any atom is 0.300 e. The first-order valence-electron chi connectivity index (χ1n) is 11.8. The average Bonchev–Trinajstić information content (AvgIpc) is 3.43. The first-order valence-corrected chi connectivity index (χ1v) is 12.7. The summed E-state index contributed by atoms with van der Waals surface area (Å²) in [6.07, 6.45) is 0. The number of aromatic hydroxyl groups is 1. The number of Topliss-reactive ketones (excluding diaryl/α,β-unsaturated/α-hetero) is 1. The van der Waals surface area contributed by atoms with Gasteiger partial charge in [-0.05, 0) is 72.3 Å². The van der Waals surface area contributed by atoms with Gasteiger partial charge in [0.2, 0.25) is 0 Å². The number of aliphatic hydroxyl groups is 1. The molecule has 4 aromatic rings. The van der Waals surface area contributed by atoms with E-state index >= 15 is 0 Å². The normalized spacial score (nSPS) is 16.8. The van der Waals surface area contributed by atoms with E-state index in [1.807, 2.05) is 55.6 Å². The van der Waals surface area contributed by atoms with Gasteiger partial charge in [-0.15, -0.1) is 11.3 Å². The third-order valence-electron chi connectivity index (χ3n) is 6.42. The zero-order valence-corrected chi connectivity index (χ0v) is 21.2. The van der Waals surface area contributed by atoms with E-state index in [0.717, 1.165) is 21.6 Å². The van der Waals surface area contributed by atoms with E-state index in [4.69, 9.17) is 4.74 Å². The van der Waals surface area contributed by atoms with E-state index < -0.39 is 17.7 Å². The van der Waals surface area contributed by atoms with E-state index in [1.165, 1.54) is 22.3 Å². The molecule has 0 spiro atoms. The van der Waals surface area contributed by atoms with Gasteiger partial charge in [-0.25, -0.2) is 0 Å². The fourth-order valence-corrected chi connectivity index (χ4v) is 5.54. The van der Waals surface area contributed by atoms with Crippen LogP contribution >= 0.6 is 11.3 Å². The highest BCUT2D eigenvalue weighted by Crippen LogP contribution is 2.46. The molecule has 3 aromatic carbocycles. The number of ether oxygens (including phenoxy) is 1. The second-order valence-corrected chi connectivity index (χ2v) is 9.83. The van der Waals surface area contributed by atoms with Crippen molar-refractivity contribution < 1.29 is 24.5 Å². The summed E-state index contributed by atoms with van der Waals surface area (Å²) < 4.78 is 5.95. The van der Waals surface area contributed by atoms with Crippen molar-refractivity contribution in [2.24, 2.45) is 0 Å². The molecule has 37 heavy (non-hydrogen) atoms. The molecule has 2 N–H and O–H groups in total. The van der Waals surface area contributed by atoms with Crippen LogP contribution in [-0.2, 0) is 16.2 Å². The van der Waals surface area contributed by atoms with Crippen LogP contribution in [0.25, 0.3) is 5.76 Å². The average molecular weight is 512 g/mol. The number of phenolic OH excluding ortho intramolecular Hbond substituents is 1. The van der Waals surface area contributed by atoms with Crippen molar-refractivity contribution in [2.45, 2.75) is 26.5 Å². The second kappa shape index (κ2) is 9.95.